The molecule has 0 aliphatic heterocycles. The van der Waals surface area contributed by atoms with Crippen molar-refractivity contribution >= 4 is 12.6 Å². The fourth-order valence-electron chi connectivity index (χ4n) is 1.03. The third kappa shape index (κ3) is 2.50. The van der Waals surface area contributed by atoms with Gasteiger partial charge in [0, 0.05) is 13.1 Å². The van der Waals surface area contributed by atoms with Gasteiger partial charge >= 0.3 is 7.12 Å². The molecule has 6 heteroatoms. The van der Waals surface area contributed by atoms with Crippen molar-refractivity contribution in [1.82, 2.24) is 4.98 Å². The van der Waals surface area contributed by atoms with Crippen LogP contribution in [0.25, 0.3) is 0 Å². The van der Waals surface area contributed by atoms with Crippen LogP contribution >= 0.6 is 0 Å². The molecule has 1 aromatic rings. The zero-order valence-electron chi connectivity index (χ0n) is 7.14. The zero-order valence-corrected chi connectivity index (χ0v) is 7.14. The van der Waals surface area contributed by atoms with Crippen LogP contribution in [0.15, 0.2) is 12.1 Å². The van der Waals surface area contributed by atoms with E-state index >= 15 is 0 Å². The van der Waals surface area contributed by atoms with Crippen molar-refractivity contribution in [1.29, 1.82) is 0 Å². The van der Waals surface area contributed by atoms with Crippen molar-refractivity contribution < 1.29 is 10.0 Å². The number of nitrogens with two attached hydrogens (primary N) is 2. The number of hydrogen-bond acceptors (Lipinski definition) is 5. The molecular formula is C7H12BN3O2. The molecule has 5 nitrogen and oxygen atoms in total. The summed E-state index contributed by atoms with van der Waals surface area (Å²) >= 11 is 0. The summed E-state index contributed by atoms with van der Waals surface area (Å²) in [6, 6.07) is 3.09. The van der Waals surface area contributed by atoms with Crippen molar-refractivity contribution in [3.8, 4) is 0 Å². The summed E-state index contributed by atoms with van der Waals surface area (Å²) in [5.74, 6) is 0. The predicted octanol–water partition coefficient (Wildman–Crippen LogP) is -2.32. The summed E-state index contributed by atoms with van der Waals surface area (Å²) in [6.45, 7) is 0.515. The van der Waals surface area contributed by atoms with E-state index in [-0.39, 0.29) is 13.1 Å². The lowest BCUT2D eigenvalue weighted by atomic mass is 9.80. The molecule has 0 amide bonds. The van der Waals surface area contributed by atoms with Gasteiger partial charge in [-0.3, -0.25) is 4.98 Å². The number of nitrogens with zero attached hydrogens (tertiary/aromatic N) is 1. The molecule has 0 saturated heterocycles. The summed E-state index contributed by atoms with van der Waals surface area (Å²) in [6.07, 6.45) is 0. The molecule has 13 heavy (non-hydrogen) atoms. The van der Waals surface area contributed by atoms with Crippen molar-refractivity contribution in [3.63, 3.8) is 0 Å². The third-order valence-electron chi connectivity index (χ3n) is 1.67. The molecule has 0 radical (unpaired) electrons. The molecule has 0 fully saturated rings. The molecule has 0 atom stereocenters. The first kappa shape index (κ1) is 10.1. The summed E-state index contributed by atoms with van der Waals surface area (Å²) < 4.78 is 0. The highest BCUT2D eigenvalue weighted by molar-refractivity contribution is 6.58. The van der Waals surface area contributed by atoms with Gasteiger partial charge < -0.3 is 21.5 Å². The summed E-state index contributed by atoms with van der Waals surface area (Å²) in [7, 11) is -1.50. The molecule has 0 aliphatic carbocycles. The Bertz CT molecular complexity index is 271. The van der Waals surface area contributed by atoms with E-state index in [1.807, 2.05) is 0 Å². The molecule has 0 aliphatic rings. The lowest BCUT2D eigenvalue weighted by molar-refractivity contribution is 0.425. The monoisotopic (exact) mass is 181 g/mol. The van der Waals surface area contributed by atoms with Gasteiger partial charge in [-0.2, -0.15) is 0 Å². The van der Waals surface area contributed by atoms with E-state index in [0.717, 1.165) is 0 Å². The van der Waals surface area contributed by atoms with Gasteiger partial charge in [0.2, 0.25) is 0 Å². The highest BCUT2D eigenvalue weighted by atomic mass is 16.4. The van der Waals surface area contributed by atoms with E-state index in [0.29, 0.717) is 16.9 Å². The average molecular weight is 181 g/mol. The van der Waals surface area contributed by atoms with Crippen molar-refractivity contribution in [2.24, 2.45) is 11.5 Å². The highest BCUT2D eigenvalue weighted by Gasteiger charge is 2.12. The summed E-state index contributed by atoms with van der Waals surface area (Å²) in [5, 5.41) is 17.8. The van der Waals surface area contributed by atoms with Crippen molar-refractivity contribution in [2.45, 2.75) is 13.1 Å². The molecule has 0 bridgehead atoms. The molecule has 1 rings (SSSR count). The minimum absolute atomic E-state index is 0.257. The van der Waals surface area contributed by atoms with E-state index in [1.165, 1.54) is 0 Å². The Kier molecular flexibility index (Phi) is 3.38. The van der Waals surface area contributed by atoms with Gasteiger partial charge in [-0.1, -0.05) is 0 Å². The number of rotatable bonds is 3. The maximum Gasteiger partial charge on any atom is 0.488 e. The molecule has 0 aromatic carbocycles. The molecule has 6 N–H and O–H groups in total. The van der Waals surface area contributed by atoms with E-state index in [2.05, 4.69) is 4.98 Å². The average Bonchev–Trinajstić information content (AvgIpc) is 2.16. The second kappa shape index (κ2) is 4.34. The van der Waals surface area contributed by atoms with Crippen LogP contribution in [0.1, 0.15) is 11.4 Å². The van der Waals surface area contributed by atoms with Crippen molar-refractivity contribution in [3.05, 3.63) is 23.5 Å². The predicted molar refractivity (Wildman–Crippen MR) is 49.8 cm³/mol. The van der Waals surface area contributed by atoms with Crippen LogP contribution in [0.5, 0.6) is 0 Å². The summed E-state index contributed by atoms with van der Waals surface area (Å²) in [4.78, 5) is 4.08. The van der Waals surface area contributed by atoms with Crippen LogP contribution in [0.2, 0.25) is 0 Å². The molecule has 70 valence electrons. The Morgan fingerprint density at radius 2 is 1.62 bits per heavy atom. The topological polar surface area (TPSA) is 105 Å². The minimum atomic E-state index is -1.50. The highest BCUT2D eigenvalue weighted by Crippen LogP contribution is 1.96. The van der Waals surface area contributed by atoms with Crippen LogP contribution in [0, 0.1) is 0 Å². The second-order valence-corrected chi connectivity index (χ2v) is 2.67. The van der Waals surface area contributed by atoms with E-state index in [1.54, 1.807) is 12.1 Å². The maximum atomic E-state index is 8.91. The van der Waals surface area contributed by atoms with Gasteiger partial charge in [0.25, 0.3) is 0 Å². The number of aromatic nitrogens is 1. The third-order valence-corrected chi connectivity index (χ3v) is 1.67. The van der Waals surface area contributed by atoms with Crippen molar-refractivity contribution in [2.75, 3.05) is 0 Å². The minimum Gasteiger partial charge on any atom is -0.423 e. The quantitative estimate of drug-likeness (QED) is 0.391. The van der Waals surface area contributed by atoms with Crippen LogP contribution in [0.4, 0.5) is 0 Å². The first-order valence-electron chi connectivity index (χ1n) is 3.93. The molecule has 1 aromatic heterocycles. The summed E-state index contributed by atoms with van der Waals surface area (Å²) in [5.41, 5.74) is 12.3. The Balaban J connectivity index is 3.07. The van der Waals surface area contributed by atoms with Crippen LogP contribution in [-0.2, 0) is 13.1 Å². The Hall–Kier alpha value is -0.945. The molecule has 0 saturated carbocycles. The van der Waals surface area contributed by atoms with Gasteiger partial charge in [-0.25, -0.2) is 0 Å². The van der Waals surface area contributed by atoms with Crippen LogP contribution in [0.3, 0.4) is 0 Å². The van der Waals surface area contributed by atoms with E-state index < -0.39 is 7.12 Å². The van der Waals surface area contributed by atoms with Crippen LogP contribution < -0.4 is 16.9 Å². The van der Waals surface area contributed by atoms with Gasteiger partial charge in [0.15, 0.2) is 0 Å². The van der Waals surface area contributed by atoms with Gasteiger partial charge in [-0.05, 0) is 17.6 Å². The first-order chi connectivity index (χ1) is 6.17. The molecular weight excluding hydrogens is 169 g/mol. The number of hydrogen-bond donors (Lipinski definition) is 4. The number of pyridine rings is 1. The van der Waals surface area contributed by atoms with Gasteiger partial charge in [0.1, 0.15) is 0 Å². The largest absolute Gasteiger partial charge is 0.488 e. The first-order valence-corrected chi connectivity index (χ1v) is 3.93. The SMILES string of the molecule is NCc1cc(B(O)O)cc(CN)n1. The maximum absolute atomic E-state index is 8.91. The van der Waals surface area contributed by atoms with Gasteiger partial charge in [0.05, 0.1) is 11.4 Å². The fraction of sp³-hybridized carbons (Fsp3) is 0.286. The lowest BCUT2D eigenvalue weighted by Gasteiger charge is -2.05. The Morgan fingerprint density at radius 3 is 1.92 bits per heavy atom. The lowest BCUT2D eigenvalue weighted by Crippen LogP contribution is -2.31. The van der Waals surface area contributed by atoms with Crippen LogP contribution in [-0.4, -0.2) is 22.2 Å². The smallest absolute Gasteiger partial charge is 0.423 e. The molecule has 1 heterocycles. The zero-order chi connectivity index (χ0) is 9.84. The Labute approximate surface area is 76.5 Å². The Morgan fingerprint density at radius 1 is 1.15 bits per heavy atom. The normalized spacial score (nSPS) is 10.2. The molecule has 0 unspecified atom stereocenters. The van der Waals surface area contributed by atoms with Gasteiger partial charge in [-0.15, -0.1) is 0 Å². The second-order valence-electron chi connectivity index (χ2n) is 2.67. The van der Waals surface area contributed by atoms with E-state index in [9.17, 15) is 0 Å². The van der Waals surface area contributed by atoms with E-state index in [4.69, 9.17) is 21.5 Å². The fourth-order valence-corrected chi connectivity index (χ4v) is 1.03. The standard InChI is InChI=1S/C7H12BN3O2/c9-3-6-1-5(8(12)13)2-7(4-10)11-6/h1-2,12-13H,3-4,9-10H2. The molecule has 0 spiro atoms.